The minimum absolute atomic E-state index is 0.0446. The number of halogens is 3. The number of hydrogen-bond acceptors (Lipinski definition) is 5. The first kappa shape index (κ1) is 21.3. The summed E-state index contributed by atoms with van der Waals surface area (Å²) >= 11 is 0. The van der Waals surface area contributed by atoms with E-state index < -0.39 is 23.6 Å². The van der Waals surface area contributed by atoms with E-state index in [1.165, 1.54) is 7.11 Å². The van der Waals surface area contributed by atoms with Crippen LogP contribution in [0.25, 0.3) is 17.0 Å². The van der Waals surface area contributed by atoms with Crippen molar-refractivity contribution in [3.63, 3.8) is 0 Å². The van der Waals surface area contributed by atoms with Crippen LogP contribution in [0.2, 0.25) is 0 Å². The van der Waals surface area contributed by atoms with Gasteiger partial charge >= 0.3 is 6.18 Å². The Balaban J connectivity index is 1.77. The summed E-state index contributed by atoms with van der Waals surface area (Å²) in [6.07, 6.45) is -4.07. The van der Waals surface area contributed by atoms with Gasteiger partial charge in [0.05, 0.1) is 12.8 Å². The number of nitrogens with zero attached hydrogens (tertiary/aromatic N) is 4. The lowest BCUT2D eigenvalue weighted by molar-refractivity contribution is -0.142. The van der Waals surface area contributed by atoms with E-state index in [2.05, 4.69) is 20.4 Å². The minimum Gasteiger partial charge on any atom is -0.497 e. The molecule has 1 N–H and O–H groups in total. The van der Waals surface area contributed by atoms with Crippen LogP contribution in [0.15, 0.2) is 54.6 Å². The quantitative estimate of drug-likeness (QED) is 0.488. The first-order chi connectivity index (χ1) is 15.3. The molecule has 0 aliphatic rings. The van der Waals surface area contributed by atoms with Crippen LogP contribution in [0.3, 0.4) is 0 Å². The normalized spacial score (nSPS) is 11.5. The van der Waals surface area contributed by atoms with Crippen LogP contribution >= 0.6 is 0 Å². The van der Waals surface area contributed by atoms with Gasteiger partial charge in [0.2, 0.25) is 5.82 Å². The molecule has 4 rings (SSSR count). The maximum atomic E-state index is 13.8. The molecule has 0 saturated heterocycles. The number of carbonyl (C=O) groups excluding carboxylic acids is 1. The third kappa shape index (κ3) is 4.11. The van der Waals surface area contributed by atoms with Crippen molar-refractivity contribution in [1.82, 2.24) is 19.6 Å². The van der Waals surface area contributed by atoms with Crippen LogP contribution in [0.5, 0.6) is 5.75 Å². The molecule has 2 aromatic heterocycles. The summed E-state index contributed by atoms with van der Waals surface area (Å²) in [5.41, 5.74) is 0.809. The van der Waals surface area contributed by atoms with Crippen LogP contribution in [0.1, 0.15) is 28.8 Å². The van der Waals surface area contributed by atoms with Crippen LogP contribution in [0.4, 0.5) is 18.9 Å². The standard InChI is InChI=1S/C22H18F3N5O2/c1-3-13-6-4-5-7-16(13)26-20(31)19-28-21-27-17(14-8-10-15(32-2)11-9-14)12-18(22(23,24)25)30(21)29-19/h4-12H,3H2,1-2H3,(H,26,31). The number of hydrogen-bond donors (Lipinski definition) is 1. The third-order valence-corrected chi connectivity index (χ3v) is 4.84. The van der Waals surface area contributed by atoms with Crippen molar-refractivity contribution in [2.45, 2.75) is 19.5 Å². The Labute approximate surface area is 180 Å². The molecule has 32 heavy (non-hydrogen) atoms. The molecule has 0 aliphatic carbocycles. The number of alkyl halides is 3. The van der Waals surface area contributed by atoms with Gasteiger partial charge in [-0.05, 0) is 48.4 Å². The highest BCUT2D eigenvalue weighted by atomic mass is 19.4. The second kappa shape index (κ2) is 8.29. The van der Waals surface area contributed by atoms with Gasteiger partial charge in [-0.2, -0.15) is 22.7 Å². The minimum atomic E-state index is -4.74. The lowest BCUT2D eigenvalue weighted by Crippen LogP contribution is -2.16. The topological polar surface area (TPSA) is 81.4 Å². The number of anilines is 1. The molecule has 0 aliphatic heterocycles. The van der Waals surface area contributed by atoms with Crippen LogP contribution in [-0.2, 0) is 12.6 Å². The smallest absolute Gasteiger partial charge is 0.433 e. The number of para-hydroxylation sites is 1. The molecule has 1 amide bonds. The molecule has 2 aromatic carbocycles. The van der Waals surface area contributed by atoms with E-state index in [4.69, 9.17) is 4.74 Å². The highest BCUT2D eigenvalue weighted by Crippen LogP contribution is 2.32. The maximum absolute atomic E-state index is 13.8. The number of methoxy groups -OCH3 is 1. The first-order valence-corrected chi connectivity index (χ1v) is 9.69. The fraction of sp³-hybridized carbons (Fsp3) is 0.182. The monoisotopic (exact) mass is 441 g/mol. The van der Waals surface area contributed by atoms with Crippen molar-refractivity contribution in [1.29, 1.82) is 0 Å². The molecule has 7 nitrogen and oxygen atoms in total. The van der Waals surface area contributed by atoms with Gasteiger partial charge < -0.3 is 10.1 Å². The zero-order valence-electron chi connectivity index (χ0n) is 17.1. The molecular formula is C22H18F3N5O2. The molecule has 0 saturated carbocycles. The molecule has 2 heterocycles. The number of fused-ring (bicyclic) bond motifs is 1. The number of rotatable bonds is 5. The predicted octanol–water partition coefficient (Wildman–Crippen LogP) is 4.63. The number of aryl methyl sites for hydroxylation is 1. The summed E-state index contributed by atoms with van der Waals surface area (Å²) in [6, 6.07) is 14.4. The third-order valence-electron chi connectivity index (χ3n) is 4.84. The molecule has 0 radical (unpaired) electrons. The van der Waals surface area contributed by atoms with Crippen LogP contribution in [-0.4, -0.2) is 32.6 Å². The number of benzene rings is 2. The van der Waals surface area contributed by atoms with E-state index in [0.29, 0.717) is 27.9 Å². The summed E-state index contributed by atoms with van der Waals surface area (Å²) in [5, 5.41) is 6.44. The summed E-state index contributed by atoms with van der Waals surface area (Å²) in [7, 11) is 1.49. The number of amides is 1. The van der Waals surface area contributed by atoms with Crippen molar-refractivity contribution in [3.05, 3.63) is 71.7 Å². The van der Waals surface area contributed by atoms with E-state index in [0.717, 1.165) is 11.6 Å². The van der Waals surface area contributed by atoms with Crippen molar-refractivity contribution in [3.8, 4) is 17.0 Å². The Kier molecular flexibility index (Phi) is 5.52. The largest absolute Gasteiger partial charge is 0.497 e. The van der Waals surface area contributed by atoms with Crippen molar-refractivity contribution in [2.75, 3.05) is 12.4 Å². The highest BCUT2D eigenvalue weighted by molar-refractivity contribution is 6.02. The lowest BCUT2D eigenvalue weighted by atomic mass is 10.1. The van der Waals surface area contributed by atoms with E-state index in [9.17, 15) is 18.0 Å². The van der Waals surface area contributed by atoms with Gasteiger partial charge in [0.15, 0.2) is 5.69 Å². The zero-order valence-corrected chi connectivity index (χ0v) is 17.1. The fourth-order valence-corrected chi connectivity index (χ4v) is 3.21. The average Bonchev–Trinajstić information content (AvgIpc) is 3.22. The molecular weight excluding hydrogens is 423 g/mol. The SMILES string of the molecule is CCc1ccccc1NC(=O)c1nc2nc(-c3ccc(OC)cc3)cc(C(F)(F)F)n2n1. The van der Waals surface area contributed by atoms with Gasteiger partial charge in [-0.25, -0.2) is 4.98 Å². The summed E-state index contributed by atoms with van der Waals surface area (Å²) in [4.78, 5) is 20.8. The molecule has 4 aromatic rings. The summed E-state index contributed by atoms with van der Waals surface area (Å²) in [6.45, 7) is 1.92. The molecule has 10 heteroatoms. The number of carbonyl (C=O) groups is 1. The van der Waals surface area contributed by atoms with Crippen LogP contribution < -0.4 is 10.1 Å². The number of nitrogens with one attached hydrogen (secondary N) is 1. The van der Waals surface area contributed by atoms with Gasteiger partial charge in [0, 0.05) is 11.3 Å². The second-order valence-electron chi connectivity index (χ2n) is 6.86. The van der Waals surface area contributed by atoms with Gasteiger partial charge in [0.1, 0.15) is 5.75 Å². The predicted molar refractivity (Wildman–Crippen MR) is 112 cm³/mol. The Morgan fingerprint density at radius 2 is 1.81 bits per heavy atom. The van der Waals surface area contributed by atoms with Crippen molar-refractivity contribution in [2.24, 2.45) is 0 Å². The van der Waals surface area contributed by atoms with Gasteiger partial charge in [-0.3, -0.25) is 4.79 Å². The second-order valence-corrected chi connectivity index (χ2v) is 6.86. The van der Waals surface area contributed by atoms with Crippen molar-refractivity contribution < 1.29 is 22.7 Å². The lowest BCUT2D eigenvalue weighted by Gasteiger charge is -2.10. The molecule has 0 atom stereocenters. The van der Waals surface area contributed by atoms with Gasteiger partial charge in [0.25, 0.3) is 11.7 Å². The van der Waals surface area contributed by atoms with Gasteiger partial charge in [-0.1, -0.05) is 25.1 Å². The zero-order chi connectivity index (χ0) is 22.9. The number of aromatic nitrogens is 4. The van der Waals surface area contributed by atoms with Crippen LogP contribution in [0, 0.1) is 0 Å². The van der Waals surface area contributed by atoms with E-state index in [-0.39, 0.29) is 11.5 Å². The number of ether oxygens (including phenoxy) is 1. The average molecular weight is 441 g/mol. The fourth-order valence-electron chi connectivity index (χ4n) is 3.21. The summed E-state index contributed by atoms with van der Waals surface area (Å²) in [5.74, 6) is -0.921. The Morgan fingerprint density at radius 3 is 2.47 bits per heavy atom. The summed E-state index contributed by atoms with van der Waals surface area (Å²) < 4.78 is 46.9. The Hall–Kier alpha value is -3.95. The first-order valence-electron chi connectivity index (χ1n) is 9.69. The molecule has 0 unspecified atom stereocenters. The Morgan fingerprint density at radius 1 is 1.09 bits per heavy atom. The van der Waals surface area contributed by atoms with E-state index in [1.54, 1.807) is 36.4 Å². The molecule has 0 bridgehead atoms. The molecule has 164 valence electrons. The maximum Gasteiger partial charge on any atom is 0.433 e. The Bertz CT molecular complexity index is 1280. The highest BCUT2D eigenvalue weighted by Gasteiger charge is 2.36. The van der Waals surface area contributed by atoms with E-state index in [1.807, 2.05) is 19.1 Å². The molecule has 0 spiro atoms. The van der Waals surface area contributed by atoms with E-state index >= 15 is 0 Å². The van der Waals surface area contributed by atoms with Gasteiger partial charge in [-0.15, -0.1) is 5.10 Å². The molecule has 0 fully saturated rings. The van der Waals surface area contributed by atoms with Crippen molar-refractivity contribution >= 4 is 17.4 Å².